The smallest absolute Gasteiger partial charge is 0.275 e. The quantitative estimate of drug-likeness (QED) is 0.669. The highest BCUT2D eigenvalue weighted by Gasteiger charge is 2.14. The lowest BCUT2D eigenvalue weighted by Crippen LogP contribution is -3.06. The number of benzene rings is 1. The van der Waals surface area contributed by atoms with Crippen molar-refractivity contribution in [2.24, 2.45) is 0 Å². The predicted molar refractivity (Wildman–Crippen MR) is 100 cm³/mol. The van der Waals surface area contributed by atoms with Crippen molar-refractivity contribution in [3.63, 3.8) is 0 Å². The largest absolute Gasteiger partial charge is 0.493 e. The van der Waals surface area contributed by atoms with E-state index in [1.807, 2.05) is 32.0 Å². The van der Waals surface area contributed by atoms with E-state index in [0.717, 1.165) is 28.6 Å². The second-order valence-corrected chi connectivity index (χ2v) is 7.20. The zero-order chi connectivity index (χ0) is 18.7. The fraction of sp³-hybridized carbons (Fsp3) is 0.389. The molecule has 8 heteroatoms. The highest BCUT2D eigenvalue weighted by Crippen LogP contribution is 2.27. The van der Waals surface area contributed by atoms with Gasteiger partial charge in [0.2, 0.25) is 4.96 Å². The lowest BCUT2D eigenvalue weighted by molar-refractivity contribution is -0.907. The van der Waals surface area contributed by atoms with Crippen molar-refractivity contribution in [2.45, 2.75) is 26.9 Å². The van der Waals surface area contributed by atoms with Crippen LogP contribution in [0.4, 0.5) is 0 Å². The molecule has 7 nitrogen and oxygen atoms in total. The molecule has 0 spiro atoms. The van der Waals surface area contributed by atoms with E-state index < -0.39 is 0 Å². The van der Waals surface area contributed by atoms with E-state index >= 15 is 0 Å². The van der Waals surface area contributed by atoms with Gasteiger partial charge < -0.3 is 14.4 Å². The molecule has 138 valence electrons. The first kappa shape index (κ1) is 18.3. The zero-order valence-corrected chi connectivity index (χ0v) is 16.2. The van der Waals surface area contributed by atoms with Crippen molar-refractivity contribution < 1.29 is 14.4 Å². The Morgan fingerprint density at radius 3 is 2.77 bits per heavy atom. The number of fused-ring (bicyclic) bond motifs is 1. The van der Waals surface area contributed by atoms with Crippen LogP contribution in [0.3, 0.4) is 0 Å². The van der Waals surface area contributed by atoms with Crippen LogP contribution < -0.4 is 19.9 Å². The van der Waals surface area contributed by atoms with Crippen LogP contribution in [0.2, 0.25) is 0 Å². The van der Waals surface area contributed by atoms with Crippen molar-refractivity contribution in [3.05, 3.63) is 50.9 Å². The molecule has 2 heterocycles. The number of aryl methyl sites for hydroxylation is 1. The third-order valence-electron chi connectivity index (χ3n) is 3.90. The van der Waals surface area contributed by atoms with Crippen molar-refractivity contribution in [3.8, 4) is 11.5 Å². The fourth-order valence-electron chi connectivity index (χ4n) is 2.80. The lowest BCUT2D eigenvalue weighted by atomic mass is 10.2. The molecule has 0 aliphatic rings. The number of hydrogen-bond acceptors (Lipinski definition) is 6. The van der Waals surface area contributed by atoms with Crippen molar-refractivity contribution >= 4 is 16.3 Å². The highest BCUT2D eigenvalue weighted by atomic mass is 32.1. The van der Waals surface area contributed by atoms with Gasteiger partial charge >= 0.3 is 0 Å². The lowest BCUT2D eigenvalue weighted by Gasteiger charge is -2.14. The van der Waals surface area contributed by atoms with E-state index in [4.69, 9.17) is 9.47 Å². The molecule has 2 aromatic heterocycles. The number of hydrogen-bond donors (Lipinski definition) is 1. The Balaban J connectivity index is 1.73. The molecule has 1 aromatic carbocycles. The summed E-state index contributed by atoms with van der Waals surface area (Å²) in [5, 5.41) is 5.29. The van der Waals surface area contributed by atoms with Gasteiger partial charge in [-0.25, -0.2) is 4.98 Å². The summed E-state index contributed by atoms with van der Waals surface area (Å²) >= 11 is 1.46. The standard InChI is InChI=1S/C18H22N4O3S/c1-5-25-14-7-6-13(9-15(14)24-4)10-21(3)11-16-20-22-17(23)8-12(2)19-18(22)26-16/h6-9H,5,10-11H2,1-4H3/p+1. The molecule has 0 aliphatic carbocycles. The molecular weight excluding hydrogens is 352 g/mol. The van der Waals surface area contributed by atoms with Crippen molar-refractivity contribution in [2.75, 3.05) is 20.8 Å². The number of nitrogens with zero attached hydrogens (tertiary/aromatic N) is 3. The molecule has 3 aromatic rings. The molecule has 0 aliphatic heterocycles. The van der Waals surface area contributed by atoms with Crippen molar-refractivity contribution in [1.29, 1.82) is 0 Å². The van der Waals surface area contributed by atoms with E-state index in [1.165, 1.54) is 26.8 Å². The van der Waals surface area contributed by atoms with Crippen LogP contribution in [0.25, 0.3) is 4.96 Å². The summed E-state index contributed by atoms with van der Waals surface area (Å²) < 4.78 is 12.3. The number of rotatable bonds is 7. The Hall–Kier alpha value is -2.45. The first-order valence-electron chi connectivity index (χ1n) is 8.47. The van der Waals surface area contributed by atoms with E-state index in [9.17, 15) is 4.79 Å². The third-order valence-corrected chi connectivity index (χ3v) is 4.81. The molecule has 0 bridgehead atoms. The van der Waals surface area contributed by atoms with Gasteiger partial charge in [0.25, 0.3) is 5.56 Å². The van der Waals surface area contributed by atoms with Crippen LogP contribution in [-0.4, -0.2) is 35.4 Å². The molecule has 0 amide bonds. The Morgan fingerprint density at radius 2 is 2.04 bits per heavy atom. The molecule has 1 N–H and O–H groups in total. The third kappa shape index (κ3) is 4.03. The number of quaternary nitrogens is 1. The van der Waals surface area contributed by atoms with Gasteiger partial charge in [-0.15, -0.1) is 0 Å². The maximum absolute atomic E-state index is 12.0. The predicted octanol–water partition coefficient (Wildman–Crippen LogP) is 1.08. The van der Waals surface area contributed by atoms with Gasteiger partial charge in [-0.1, -0.05) is 11.3 Å². The number of nitrogens with one attached hydrogen (secondary N) is 1. The van der Waals surface area contributed by atoms with Gasteiger partial charge in [0.15, 0.2) is 16.5 Å². The van der Waals surface area contributed by atoms with Crippen molar-refractivity contribution in [1.82, 2.24) is 14.6 Å². The number of methoxy groups -OCH3 is 1. The Kier molecular flexibility index (Phi) is 5.53. The second-order valence-electron chi connectivity index (χ2n) is 6.15. The SMILES string of the molecule is CCOc1ccc(C[NH+](C)Cc2nn3c(=O)cc(C)nc3s2)cc1OC. The van der Waals surface area contributed by atoms with Gasteiger partial charge in [-0.05, 0) is 32.0 Å². The summed E-state index contributed by atoms with van der Waals surface area (Å²) in [6.45, 7) is 5.88. The van der Waals surface area contributed by atoms with Gasteiger partial charge in [0.05, 0.1) is 20.8 Å². The van der Waals surface area contributed by atoms with Gasteiger partial charge in [-0.3, -0.25) is 4.79 Å². The molecule has 1 unspecified atom stereocenters. The average molecular weight is 375 g/mol. The summed E-state index contributed by atoms with van der Waals surface area (Å²) in [7, 11) is 3.74. The Morgan fingerprint density at radius 1 is 1.23 bits per heavy atom. The first-order valence-corrected chi connectivity index (χ1v) is 9.29. The zero-order valence-electron chi connectivity index (χ0n) is 15.4. The number of aromatic nitrogens is 3. The summed E-state index contributed by atoms with van der Waals surface area (Å²) in [4.78, 5) is 18.2. The van der Waals surface area contributed by atoms with E-state index in [-0.39, 0.29) is 5.56 Å². The summed E-state index contributed by atoms with van der Waals surface area (Å²) in [5.41, 5.74) is 1.73. The van der Waals surface area contributed by atoms with E-state index in [2.05, 4.69) is 17.1 Å². The van der Waals surface area contributed by atoms with Crippen LogP contribution in [0.5, 0.6) is 11.5 Å². The highest BCUT2D eigenvalue weighted by molar-refractivity contribution is 7.16. The molecule has 0 fully saturated rings. The molecule has 0 saturated heterocycles. The molecule has 0 radical (unpaired) electrons. The molecule has 0 saturated carbocycles. The van der Waals surface area contributed by atoms with Crippen LogP contribution in [0, 0.1) is 6.92 Å². The fourth-order valence-corrected chi connectivity index (χ4v) is 3.86. The molecule has 26 heavy (non-hydrogen) atoms. The Bertz CT molecular complexity index is 967. The summed E-state index contributed by atoms with van der Waals surface area (Å²) in [6, 6.07) is 7.49. The van der Waals surface area contributed by atoms with Crippen LogP contribution in [-0.2, 0) is 13.1 Å². The van der Waals surface area contributed by atoms with Crippen LogP contribution in [0.1, 0.15) is 23.2 Å². The van der Waals surface area contributed by atoms with Crippen LogP contribution >= 0.6 is 11.3 Å². The maximum Gasteiger partial charge on any atom is 0.275 e. The van der Waals surface area contributed by atoms with Gasteiger partial charge in [-0.2, -0.15) is 9.61 Å². The van der Waals surface area contributed by atoms with Gasteiger partial charge in [0.1, 0.15) is 13.1 Å². The summed E-state index contributed by atoms with van der Waals surface area (Å²) in [6.07, 6.45) is 0. The van der Waals surface area contributed by atoms with E-state index in [0.29, 0.717) is 23.8 Å². The normalized spacial score (nSPS) is 12.3. The van der Waals surface area contributed by atoms with Crippen LogP contribution in [0.15, 0.2) is 29.1 Å². The molecule has 3 rings (SSSR count). The summed E-state index contributed by atoms with van der Waals surface area (Å²) in [5.74, 6) is 1.49. The molecular formula is C18H23N4O3S+. The van der Waals surface area contributed by atoms with E-state index in [1.54, 1.807) is 7.11 Å². The monoisotopic (exact) mass is 375 g/mol. The Labute approximate surface area is 155 Å². The second kappa shape index (κ2) is 7.84. The maximum atomic E-state index is 12.0. The minimum absolute atomic E-state index is 0.135. The minimum atomic E-state index is -0.135. The topological polar surface area (TPSA) is 70.2 Å². The van der Waals surface area contributed by atoms with Gasteiger partial charge in [0, 0.05) is 17.3 Å². The molecule has 1 atom stereocenters. The number of ether oxygens (including phenoxy) is 2. The average Bonchev–Trinajstić information content (AvgIpc) is 2.98. The minimum Gasteiger partial charge on any atom is -0.493 e. The first-order chi connectivity index (χ1) is 12.5.